The maximum absolute atomic E-state index is 11.2. The molecule has 5 heterocycles. The van der Waals surface area contributed by atoms with Crippen molar-refractivity contribution in [2.24, 2.45) is 0 Å². The van der Waals surface area contributed by atoms with Crippen LogP contribution in [0.5, 0.6) is 28.7 Å². The van der Waals surface area contributed by atoms with Crippen molar-refractivity contribution in [2.45, 2.75) is 38.5 Å². The molecule has 0 spiro atoms. The summed E-state index contributed by atoms with van der Waals surface area (Å²) in [6.07, 6.45) is 5.69. The molecule has 6 bridgehead atoms. The van der Waals surface area contributed by atoms with Gasteiger partial charge in [0.05, 0.1) is 0 Å². The van der Waals surface area contributed by atoms with Crippen molar-refractivity contribution in [1.82, 2.24) is 4.90 Å². The Morgan fingerprint density at radius 2 is 1.44 bits per heavy atom. The molecule has 5 nitrogen and oxygen atoms in total. The van der Waals surface area contributed by atoms with E-state index >= 15 is 0 Å². The summed E-state index contributed by atoms with van der Waals surface area (Å²) in [7, 11) is 0. The number of nitrogens with zero attached hydrogens (tertiary/aromatic N) is 1. The van der Waals surface area contributed by atoms with Crippen LogP contribution in [0, 0.1) is 0 Å². The number of aromatic hydroxyl groups is 2. The van der Waals surface area contributed by atoms with Crippen molar-refractivity contribution < 1.29 is 19.7 Å². The van der Waals surface area contributed by atoms with Crippen LogP contribution < -0.4 is 9.47 Å². The molecule has 200 valence electrons. The molecule has 5 heteroatoms. The van der Waals surface area contributed by atoms with E-state index in [4.69, 9.17) is 9.47 Å². The molecular formula is C34H35NO4. The molecule has 2 N–H and O–H groups in total. The lowest BCUT2D eigenvalue weighted by molar-refractivity contribution is 0.238. The van der Waals surface area contributed by atoms with Crippen molar-refractivity contribution in [3.8, 4) is 39.9 Å². The smallest absolute Gasteiger partial charge is 0.169 e. The lowest BCUT2D eigenvalue weighted by atomic mass is 9.92. The highest BCUT2D eigenvalue weighted by Gasteiger charge is 2.18. The van der Waals surface area contributed by atoms with Gasteiger partial charge in [-0.1, -0.05) is 42.5 Å². The van der Waals surface area contributed by atoms with E-state index < -0.39 is 0 Å². The van der Waals surface area contributed by atoms with Gasteiger partial charge in [0.15, 0.2) is 11.5 Å². The van der Waals surface area contributed by atoms with E-state index in [-0.39, 0.29) is 11.5 Å². The minimum absolute atomic E-state index is 0.120. The SMILES string of the molecule is Oc1ccc2cc1Oc1ccc(cc1)CCc1cccc(OCCN3CCCC3)c1-c1ccc(cc1O)CC2. The topological polar surface area (TPSA) is 62.2 Å². The molecule has 0 aliphatic carbocycles. The number of aryl methyl sites for hydroxylation is 4. The first kappa shape index (κ1) is 25.3. The fourth-order valence-corrected chi connectivity index (χ4v) is 5.66. The number of rotatable bonds is 4. The molecule has 39 heavy (non-hydrogen) atoms. The normalized spacial score (nSPS) is 15.4. The van der Waals surface area contributed by atoms with Crippen molar-refractivity contribution in [3.63, 3.8) is 0 Å². The summed E-state index contributed by atoms with van der Waals surface area (Å²) in [6, 6.07) is 25.8. The third-order valence-corrected chi connectivity index (χ3v) is 7.87. The maximum atomic E-state index is 11.2. The molecule has 4 aromatic carbocycles. The van der Waals surface area contributed by atoms with Gasteiger partial charge < -0.3 is 19.7 Å². The van der Waals surface area contributed by atoms with Gasteiger partial charge in [-0.25, -0.2) is 0 Å². The first-order valence-corrected chi connectivity index (χ1v) is 14.0. The van der Waals surface area contributed by atoms with E-state index in [2.05, 4.69) is 35.2 Å². The number of hydrogen-bond donors (Lipinski definition) is 2. The molecule has 0 amide bonds. The predicted octanol–water partition coefficient (Wildman–Crippen LogP) is 6.92. The fourth-order valence-electron chi connectivity index (χ4n) is 5.66. The molecule has 0 saturated carbocycles. The average molecular weight is 522 g/mol. The lowest BCUT2D eigenvalue weighted by Crippen LogP contribution is -2.25. The highest BCUT2D eigenvalue weighted by molar-refractivity contribution is 5.79. The minimum Gasteiger partial charge on any atom is -0.507 e. The standard InChI is InChI=1S/C34H35NO4/c36-30-17-12-26-7-6-25-11-16-29(31(37)22-25)34-27(4-3-5-32(34)38-21-20-35-18-1-2-19-35)13-8-24-9-14-28(15-10-24)39-33(30)23-26/h3-5,9-12,14-17,22-23,36-37H,1-2,6-8,13,18-21H2. The van der Waals surface area contributed by atoms with Gasteiger partial charge in [-0.15, -0.1) is 0 Å². The number of likely N-dealkylation sites (tertiary alicyclic amines) is 1. The van der Waals surface area contributed by atoms with Gasteiger partial charge in [0, 0.05) is 17.7 Å². The quantitative estimate of drug-likeness (QED) is 0.305. The van der Waals surface area contributed by atoms with E-state index in [0.717, 1.165) is 78.9 Å². The second-order valence-electron chi connectivity index (χ2n) is 10.6. The van der Waals surface area contributed by atoms with Crippen LogP contribution in [0.3, 0.4) is 0 Å². The second-order valence-corrected chi connectivity index (χ2v) is 10.6. The molecule has 5 aliphatic rings. The molecular weight excluding hydrogens is 486 g/mol. The predicted molar refractivity (Wildman–Crippen MR) is 154 cm³/mol. The molecule has 4 aromatic rings. The van der Waals surface area contributed by atoms with Crippen LogP contribution in [-0.4, -0.2) is 41.4 Å². The van der Waals surface area contributed by atoms with Crippen LogP contribution in [0.4, 0.5) is 0 Å². The molecule has 0 unspecified atom stereocenters. The van der Waals surface area contributed by atoms with Crippen LogP contribution in [0.2, 0.25) is 0 Å². The Hall–Kier alpha value is -3.96. The van der Waals surface area contributed by atoms with Crippen LogP contribution in [0.25, 0.3) is 11.1 Å². The third kappa shape index (κ3) is 5.89. The van der Waals surface area contributed by atoms with E-state index in [1.165, 1.54) is 18.4 Å². The summed E-state index contributed by atoms with van der Waals surface area (Å²) in [5.41, 5.74) is 6.24. The van der Waals surface area contributed by atoms with E-state index in [9.17, 15) is 10.2 Å². The number of phenolic OH excluding ortho intramolecular Hbond substituents is 2. The highest BCUT2D eigenvalue weighted by atomic mass is 16.5. The molecule has 0 atom stereocenters. The summed E-state index contributed by atoms with van der Waals surface area (Å²) in [4.78, 5) is 2.45. The van der Waals surface area contributed by atoms with Crippen LogP contribution >= 0.6 is 0 Å². The molecule has 5 aliphatic heterocycles. The Kier molecular flexibility index (Phi) is 7.42. The summed E-state index contributed by atoms with van der Waals surface area (Å²) in [5.74, 6) is 2.36. The van der Waals surface area contributed by atoms with Crippen LogP contribution in [0.1, 0.15) is 35.1 Å². The largest absolute Gasteiger partial charge is 0.507 e. The fraction of sp³-hybridized carbons (Fsp3) is 0.294. The molecule has 0 aromatic heterocycles. The van der Waals surface area contributed by atoms with E-state index in [1.54, 1.807) is 6.07 Å². The Bertz CT molecular complexity index is 1440. The maximum Gasteiger partial charge on any atom is 0.169 e. The molecule has 0 radical (unpaired) electrons. The minimum atomic E-state index is 0.120. The van der Waals surface area contributed by atoms with Gasteiger partial charge >= 0.3 is 0 Å². The highest BCUT2D eigenvalue weighted by Crippen LogP contribution is 2.40. The van der Waals surface area contributed by atoms with Crippen molar-refractivity contribution in [1.29, 1.82) is 0 Å². The Morgan fingerprint density at radius 1 is 0.718 bits per heavy atom. The van der Waals surface area contributed by atoms with Crippen LogP contribution in [0.15, 0.2) is 78.9 Å². The number of ether oxygens (including phenoxy) is 2. The summed E-state index contributed by atoms with van der Waals surface area (Å²) in [6.45, 7) is 3.84. The monoisotopic (exact) mass is 521 g/mol. The summed E-state index contributed by atoms with van der Waals surface area (Å²) in [5, 5.41) is 21.6. The van der Waals surface area contributed by atoms with Crippen molar-refractivity contribution in [3.05, 3.63) is 101 Å². The molecule has 1 fully saturated rings. The van der Waals surface area contributed by atoms with Gasteiger partial charge in [0.25, 0.3) is 0 Å². The Balaban J connectivity index is 1.35. The second kappa shape index (κ2) is 11.4. The number of benzene rings is 4. The van der Waals surface area contributed by atoms with Crippen molar-refractivity contribution in [2.75, 3.05) is 26.2 Å². The zero-order valence-electron chi connectivity index (χ0n) is 22.2. The van der Waals surface area contributed by atoms with Gasteiger partial charge in [-0.05, 0) is 110 Å². The zero-order chi connectivity index (χ0) is 26.6. The van der Waals surface area contributed by atoms with Gasteiger partial charge in [0.2, 0.25) is 0 Å². The van der Waals surface area contributed by atoms with Gasteiger partial charge in [0.1, 0.15) is 23.9 Å². The third-order valence-electron chi connectivity index (χ3n) is 7.87. The number of phenols is 2. The van der Waals surface area contributed by atoms with E-state index in [0.29, 0.717) is 18.1 Å². The summed E-state index contributed by atoms with van der Waals surface area (Å²) >= 11 is 0. The Morgan fingerprint density at radius 3 is 2.23 bits per heavy atom. The van der Waals surface area contributed by atoms with Crippen molar-refractivity contribution >= 4 is 0 Å². The first-order valence-electron chi connectivity index (χ1n) is 14.0. The lowest BCUT2D eigenvalue weighted by Gasteiger charge is -2.20. The van der Waals surface area contributed by atoms with Crippen LogP contribution in [-0.2, 0) is 25.7 Å². The molecule has 9 rings (SSSR count). The number of hydrogen-bond acceptors (Lipinski definition) is 5. The molecule has 1 saturated heterocycles. The first-order chi connectivity index (χ1) is 19.1. The van der Waals surface area contributed by atoms with Gasteiger partial charge in [-0.3, -0.25) is 4.90 Å². The zero-order valence-corrected chi connectivity index (χ0v) is 22.2. The van der Waals surface area contributed by atoms with Gasteiger partial charge in [-0.2, -0.15) is 0 Å². The van der Waals surface area contributed by atoms with E-state index in [1.807, 2.05) is 42.5 Å². The Labute approximate surface area is 230 Å². The summed E-state index contributed by atoms with van der Waals surface area (Å²) < 4.78 is 12.4. The average Bonchev–Trinajstić information content (AvgIpc) is 3.47.